The fourth-order valence-corrected chi connectivity index (χ4v) is 15.7. The number of imide groups is 1. The second-order valence-electron chi connectivity index (χ2n) is 31.3. The fraction of sp³-hybridized carbons (Fsp3) is 0.771. The molecular formula is C83H132N11O38P. The second-order valence-corrected chi connectivity index (χ2v) is 32.7. The van der Waals surface area contributed by atoms with E-state index in [9.17, 15) is 81.5 Å². The van der Waals surface area contributed by atoms with Crippen LogP contribution in [-0.2, 0) is 176 Å². The Kier molecular flexibility index (Phi) is 54.1. The van der Waals surface area contributed by atoms with Gasteiger partial charge in [-0.1, -0.05) is 12.8 Å². The summed E-state index contributed by atoms with van der Waals surface area (Å²) in [5, 5.41) is 30.2. The van der Waals surface area contributed by atoms with Crippen molar-refractivity contribution in [3.05, 3.63) is 0 Å². The number of carbonyl (C=O) groups is 18. The van der Waals surface area contributed by atoms with Gasteiger partial charge in [0.05, 0.1) is 85.2 Å². The Balaban J connectivity index is 1.64. The average Bonchev–Trinajstić information content (AvgIpc) is 0.766. The molecule has 133 heavy (non-hydrogen) atoms. The minimum atomic E-state index is -2.05. The number of nitrogens with zero attached hydrogens (tertiary/aromatic N) is 3. The van der Waals surface area contributed by atoms with Gasteiger partial charge < -0.3 is 137 Å². The lowest BCUT2D eigenvalue weighted by Gasteiger charge is -2.48. The predicted molar refractivity (Wildman–Crippen MR) is 454 cm³/mol. The largest absolute Gasteiger partial charge is 0.463 e. The monoisotopic (exact) mass is 1920 g/mol. The van der Waals surface area contributed by atoms with Crippen LogP contribution in [0, 0.1) is 11.3 Å². The summed E-state index contributed by atoms with van der Waals surface area (Å²) in [4.78, 5) is 239. The number of nitriles is 1. The number of carbonyl (C=O) groups excluding carboxylic acids is 18. The van der Waals surface area contributed by atoms with E-state index in [1.165, 1.54) is 0 Å². The van der Waals surface area contributed by atoms with Gasteiger partial charge in [-0.05, 0) is 59.8 Å². The maximum atomic E-state index is 15.2. The van der Waals surface area contributed by atoms with Crippen molar-refractivity contribution in [3.8, 4) is 6.07 Å². The Hall–Kier alpha value is -10.1. The Morgan fingerprint density at radius 2 is 1.01 bits per heavy atom. The second kappa shape index (κ2) is 62.5. The first kappa shape index (κ1) is 115. The normalized spacial score (nSPS) is 25.2. The van der Waals surface area contributed by atoms with E-state index in [0.29, 0.717) is 24.5 Å². The zero-order chi connectivity index (χ0) is 98.8. The van der Waals surface area contributed by atoms with E-state index in [1.807, 2.05) is 27.7 Å². The molecular weight excluding hydrogens is 1790 g/mol. The molecule has 5 rings (SSSR count). The lowest BCUT2D eigenvalue weighted by atomic mass is 9.94. The number of rotatable bonds is 42. The summed E-state index contributed by atoms with van der Waals surface area (Å²) in [6.45, 7) is 14.8. The van der Waals surface area contributed by atoms with Crippen molar-refractivity contribution >= 4 is 116 Å². The fourth-order valence-electron chi connectivity index (χ4n) is 14.1. The van der Waals surface area contributed by atoms with Crippen LogP contribution < -0.4 is 42.5 Å². The Morgan fingerprint density at radius 3 is 1.58 bits per heavy atom. The zero-order valence-electron chi connectivity index (χ0n) is 78.0. The van der Waals surface area contributed by atoms with Crippen molar-refractivity contribution in [2.24, 2.45) is 0 Å². The first-order valence-electron chi connectivity index (χ1n) is 43.9. The highest BCUT2D eigenvalue weighted by Gasteiger charge is 2.58. The van der Waals surface area contributed by atoms with Crippen LogP contribution in [-0.4, -0.2) is 351 Å². The Morgan fingerprint density at radius 1 is 0.504 bits per heavy atom. The number of unbranched alkanes of at least 4 members (excludes halogenated alkanes) is 3. The molecule has 49 nitrogen and oxygen atoms in total. The van der Waals surface area contributed by atoms with Gasteiger partial charge in [0, 0.05) is 140 Å². The molecule has 10 amide bonds. The van der Waals surface area contributed by atoms with Crippen LogP contribution in [0.25, 0.3) is 0 Å². The smallest absolute Gasteiger partial charge is 0.417 e. The minimum absolute atomic E-state index is 0.0285. The van der Waals surface area contributed by atoms with E-state index in [-0.39, 0.29) is 116 Å². The van der Waals surface area contributed by atoms with Gasteiger partial charge in [-0.2, -0.15) is 5.26 Å². The molecule has 0 aromatic heterocycles. The molecule has 5 aliphatic heterocycles. The Bertz CT molecular complexity index is 3840. The van der Waals surface area contributed by atoms with Crippen molar-refractivity contribution in [1.82, 2.24) is 52.1 Å². The van der Waals surface area contributed by atoms with Crippen LogP contribution >= 0.6 is 8.53 Å². The number of ether oxygens (including phenoxy) is 18. The quantitative estimate of drug-likeness (QED) is 0.0124. The summed E-state index contributed by atoms with van der Waals surface area (Å²) in [7, 11) is -1.39. The molecule has 50 heteroatoms. The summed E-state index contributed by atoms with van der Waals surface area (Å²) < 4.78 is 118. The number of esters is 8. The van der Waals surface area contributed by atoms with Crippen LogP contribution in [0.1, 0.15) is 181 Å². The van der Waals surface area contributed by atoms with Gasteiger partial charge in [0.25, 0.3) is 8.53 Å². The summed E-state index contributed by atoms with van der Waals surface area (Å²) in [6.07, 6.45) is -20.6. The van der Waals surface area contributed by atoms with Gasteiger partial charge in [0.15, 0.2) is 55.5 Å². The van der Waals surface area contributed by atoms with E-state index >= 15 is 4.79 Å². The SMILES string of the molecule is CC(=O)NC1C(OCCOCCNC(=O)CCC2NC(=O)CCC(NC(=O)CCCC(=O)NCCCCCCOP(OCCC#N)N(C(C)C)C(C)C)C(=O)NCCOCCOC3OC(COC(C)=O)C(OC(C)=O)C(OC(C)=O)C3N(C(C)=O)C(=O)OC3C(COC(C)=O)OC(OCCOCCNC2=O)C(NC(C)=O)C3OC(C)=O)OC(COC(C)=O)C(OC(C)=O)C1OC(C)=O. The Labute approximate surface area is 772 Å². The van der Waals surface area contributed by atoms with Crippen molar-refractivity contribution in [2.75, 3.05) is 119 Å². The number of hydrogen-bond donors (Lipinski definition) is 8. The zero-order valence-corrected chi connectivity index (χ0v) is 78.9. The van der Waals surface area contributed by atoms with Gasteiger partial charge >= 0.3 is 53.8 Å². The van der Waals surface area contributed by atoms with Gasteiger partial charge in [-0.25, -0.2) is 14.4 Å². The highest BCUT2D eigenvalue weighted by molar-refractivity contribution is 7.44. The molecule has 0 spiro atoms. The first-order valence-corrected chi connectivity index (χ1v) is 45.0. The maximum Gasteiger partial charge on any atom is 0.417 e. The summed E-state index contributed by atoms with van der Waals surface area (Å²) in [5.41, 5.74) is 0. The molecule has 0 aliphatic carbocycles. The molecule has 5 fully saturated rings. The molecule has 2 bridgehead atoms. The molecule has 5 heterocycles. The number of amides is 10. The molecule has 8 N–H and O–H groups in total. The predicted octanol–water partition coefficient (Wildman–Crippen LogP) is -0.628. The average molecular weight is 1920 g/mol. The molecule has 18 atom stereocenters. The van der Waals surface area contributed by atoms with Crippen LogP contribution in [0.5, 0.6) is 0 Å². The third kappa shape index (κ3) is 44.3. The standard InChI is InChI=1S/C83H132N11O38P/c1-47(2)94(48(3)4)133(123-34-21-28-84)122-33-19-17-16-18-29-85-65(106)22-20-23-67(108)91-61-25-27-68(109)92-60(24-26-66(107)86-30-35-113-38-41-116-80-69(89-49(5)95)75(126-57(13)103)72(124-55(11)101)62(129-80)44-119-52(8)98)78(110)87-31-36-114-39-42-117-81-70(90-50(6)96)76(127-58(14)104)73(63(130-81)45-120-53(9)99)132-83(112)93(51(7)97)71-77(128-59(15)105)74(125-56(12)102)64(46-121-54(10)100)131-82(71)118-43-40-115-37-32-88-79(61)111/h47-48,60-64,69-77,80-82H,16-27,29-46H2,1-15H3,(H,85,106)(H,86,107)(H,87,110)(H,88,111)(H,89,95)(H,90,96)(H,91,108)(H,92,109). The molecule has 5 aliphatic rings. The van der Waals surface area contributed by atoms with Gasteiger partial charge in [0.2, 0.25) is 53.2 Å². The van der Waals surface area contributed by atoms with Crippen LogP contribution in [0.3, 0.4) is 0 Å². The van der Waals surface area contributed by atoms with Gasteiger partial charge in [-0.15, -0.1) is 0 Å². The van der Waals surface area contributed by atoms with E-state index < -0.39 is 273 Å². The van der Waals surface area contributed by atoms with Gasteiger partial charge in [0.1, 0.15) is 68.3 Å². The summed E-state index contributed by atoms with van der Waals surface area (Å²) >= 11 is 0. The lowest BCUT2D eigenvalue weighted by Crippen LogP contribution is -2.70. The van der Waals surface area contributed by atoms with Crippen LogP contribution in [0.2, 0.25) is 0 Å². The molecule has 0 aromatic rings. The summed E-state index contributed by atoms with van der Waals surface area (Å²) in [5.74, 6) is -14.1. The van der Waals surface area contributed by atoms with Crippen LogP contribution in [0.4, 0.5) is 4.79 Å². The third-order valence-corrected chi connectivity index (χ3v) is 21.6. The molecule has 0 saturated carbocycles. The third-order valence-electron chi connectivity index (χ3n) is 19.5. The van der Waals surface area contributed by atoms with Crippen molar-refractivity contribution in [2.45, 2.75) is 297 Å². The highest BCUT2D eigenvalue weighted by Crippen LogP contribution is 2.46. The van der Waals surface area contributed by atoms with E-state index in [2.05, 4.69) is 53.3 Å². The lowest BCUT2D eigenvalue weighted by molar-refractivity contribution is -0.293. The van der Waals surface area contributed by atoms with E-state index in [4.69, 9.17) is 99.6 Å². The molecule has 752 valence electrons. The molecule has 18 unspecified atom stereocenters. The van der Waals surface area contributed by atoms with E-state index in [1.54, 1.807) is 0 Å². The number of nitrogens with one attached hydrogen (secondary N) is 8. The van der Waals surface area contributed by atoms with Crippen molar-refractivity contribution < 1.29 is 181 Å². The number of fused-ring (bicyclic) bond motifs is 25. The summed E-state index contributed by atoms with van der Waals surface area (Å²) in [6, 6.07) is -5.53. The van der Waals surface area contributed by atoms with Crippen molar-refractivity contribution in [3.63, 3.8) is 0 Å². The minimum Gasteiger partial charge on any atom is -0.463 e. The maximum absolute atomic E-state index is 15.2. The van der Waals surface area contributed by atoms with E-state index in [0.717, 1.165) is 95.4 Å². The number of hydrogen-bond acceptors (Lipinski definition) is 40. The highest BCUT2D eigenvalue weighted by atomic mass is 31.2. The molecule has 0 radical (unpaired) electrons. The van der Waals surface area contributed by atoms with Gasteiger partial charge in [-0.3, -0.25) is 81.5 Å². The topological polar surface area (TPSA) is 618 Å². The van der Waals surface area contributed by atoms with Crippen molar-refractivity contribution in [1.29, 1.82) is 5.26 Å². The first-order chi connectivity index (χ1) is 63.1. The van der Waals surface area contributed by atoms with Crippen LogP contribution in [0.15, 0.2) is 0 Å². The molecule has 5 saturated heterocycles. The molecule has 0 aromatic carbocycles.